The zero-order chi connectivity index (χ0) is 21.3. The molecule has 9 heteroatoms. The van der Waals surface area contributed by atoms with E-state index in [9.17, 15) is 14.0 Å². The fraction of sp³-hybridized carbons (Fsp3) is 0.429. The first kappa shape index (κ1) is 21.8. The van der Waals surface area contributed by atoms with Crippen molar-refractivity contribution in [3.63, 3.8) is 0 Å². The van der Waals surface area contributed by atoms with Crippen LogP contribution < -0.4 is 15.5 Å². The largest absolute Gasteiger partial charge is 0.468 e. The molecule has 0 aliphatic carbocycles. The molecule has 2 heterocycles. The van der Waals surface area contributed by atoms with Gasteiger partial charge in [0.2, 0.25) is 0 Å². The lowest BCUT2D eigenvalue weighted by Gasteiger charge is -2.39. The third kappa shape index (κ3) is 5.80. The van der Waals surface area contributed by atoms with Gasteiger partial charge in [-0.05, 0) is 36.4 Å². The van der Waals surface area contributed by atoms with E-state index in [1.54, 1.807) is 24.5 Å². The highest BCUT2D eigenvalue weighted by Crippen LogP contribution is 2.24. The molecule has 1 aromatic carbocycles. The Balaban J connectivity index is 1.56. The fourth-order valence-corrected chi connectivity index (χ4v) is 3.45. The second kappa shape index (κ2) is 10.7. The number of anilines is 1. The first-order chi connectivity index (χ1) is 14.6. The molecule has 0 saturated carbocycles. The van der Waals surface area contributed by atoms with E-state index < -0.39 is 11.8 Å². The van der Waals surface area contributed by atoms with Crippen molar-refractivity contribution in [2.45, 2.75) is 6.04 Å². The van der Waals surface area contributed by atoms with Crippen molar-refractivity contribution in [3.8, 4) is 0 Å². The third-order valence-electron chi connectivity index (χ3n) is 5.07. The predicted octanol–water partition coefficient (Wildman–Crippen LogP) is 1.16. The molecule has 0 spiro atoms. The number of rotatable bonds is 8. The van der Waals surface area contributed by atoms with Crippen molar-refractivity contribution in [2.24, 2.45) is 0 Å². The lowest BCUT2D eigenvalue weighted by Crippen LogP contribution is -2.51. The van der Waals surface area contributed by atoms with Crippen LogP contribution in [0.3, 0.4) is 0 Å². The van der Waals surface area contributed by atoms with Gasteiger partial charge in [0.25, 0.3) is 0 Å². The lowest BCUT2D eigenvalue weighted by atomic mass is 10.1. The summed E-state index contributed by atoms with van der Waals surface area (Å²) >= 11 is 0. The average Bonchev–Trinajstić information content (AvgIpc) is 3.29. The molecule has 1 unspecified atom stereocenters. The van der Waals surface area contributed by atoms with Gasteiger partial charge >= 0.3 is 11.8 Å². The molecular weight excluding hydrogens is 391 g/mol. The van der Waals surface area contributed by atoms with Crippen molar-refractivity contribution >= 4 is 17.5 Å². The molecule has 2 aromatic rings. The van der Waals surface area contributed by atoms with E-state index in [1.165, 1.54) is 19.2 Å². The molecule has 1 fully saturated rings. The third-order valence-corrected chi connectivity index (χ3v) is 5.07. The lowest BCUT2D eigenvalue weighted by molar-refractivity contribution is -0.139. The van der Waals surface area contributed by atoms with Crippen molar-refractivity contribution in [1.82, 2.24) is 15.5 Å². The molecule has 1 aliphatic heterocycles. The maximum atomic E-state index is 13.2. The molecule has 0 bridgehead atoms. The summed E-state index contributed by atoms with van der Waals surface area (Å²) in [4.78, 5) is 28.4. The van der Waals surface area contributed by atoms with Crippen LogP contribution in [0.5, 0.6) is 0 Å². The predicted molar refractivity (Wildman–Crippen MR) is 110 cm³/mol. The van der Waals surface area contributed by atoms with Crippen LogP contribution in [0.4, 0.5) is 10.1 Å². The molecule has 1 aliphatic rings. The molecule has 3 rings (SSSR count). The minimum absolute atomic E-state index is 0.189. The Kier molecular flexibility index (Phi) is 7.81. The number of furan rings is 1. The van der Waals surface area contributed by atoms with Gasteiger partial charge in [-0.2, -0.15) is 0 Å². The smallest absolute Gasteiger partial charge is 0.309 e. The van der Waals surface area contributed by atoms with Crippen LogP contribution in [-0.2, 0) is 14.3 Å². The highest BCUT2D eigenvalue weighted by Gasteiger charge is 2.28. The first-order valence-electron chi connectivity index (χ1n) is 9.91. The Morgan fingerprint density at radius 1 is 1.10 bits per heavy atom. The zero-order valence-corrected chi connectivity index (χ0v) is 17.0. The number of piperazine rings is 1. The number of methoxy groups -OCH3 is 1. The Morgan fingerprint density at radius 2 is 1.80 bits per heavy atom. The van der Waals surface area contributed by atoms with Crippen LogP contribution in [-0.4, -0.2) is 69.7 Å². The van der Waals surface area contributed by atoms with E-state index >= 15 is 0 Å². The van der Waals surface area contributed by atoms with Crippen LogP contribution >= 0.6 is 0 Å². The number of nitrogens with one attached hydrogen (secondary N) is 2. The number of halogens is 1. The minimum Gasteiger partial charge on any atom is -0.468 e. The van der Waals surface area contributed by atoms with Crippen LogP contribution in [0.15, 0.2) is 47.1 Å². The standard InChI is InChI=1S/C21H27FN4O4/c1-29-14-8-23-20(27)21(28)24-15-18(19-3-2-13-30-19)26-11-9-25(10-12-26)17-6-4-16(22)5-7-17/h2-7,13,18H,8-12,14-15H2,1H3,(H,23,27)(H,24,28). The summed E-state index contributed by atoms with van der Waals surface area (Å²) in [6.45, 7) is 3.85. The topological polar surface area (TPSA) is 87.0 Å². The maximum absolute atomic E-state index is 13.2. The van der Waals surface area contributed by atoms with E-state index in [1.807, 2.05) is 6.07 Å². The van der Waals surface area contributed by atoms with Gasteiger partial charge in [0.05, 0.1) is 18.9 Å². The highest BCUT2D eigenvalue weighted by molar-refractivity contribution is 6.35. The van der Waals surface area contributed by atoms with Gasteiger partial charge in [0.15, 0.2) is 0 Å². The number of ether oxygens (including phenoxy) is 1. The number of hydrogen-bond donors (Lipinski definition) is 2. The van der Waals surface area contributed by atoms with E-state index in [-0.39, 0.29) is 24.9 Å². The monoisotopic (exact) mass is 418 g/mol. The van der Waals surface area contributed by atoms with Crippen molar-refractivity contribution < 1.29 is 23.1 Å². The maximum Gasteiger partial charge on any atom is 0.309 e. The number of carbonyl (C=O) groups excluding carboxylic acids is 2. The summed E-state index contributed by atoms with van der Waals surface area (Å²) in [5.41, 5.74) is 0.978. The summed E-state index contributed by atoms with van der Waals surface area (Å²) in [7, 11) is 1.52. The highest BCUT2D eigenvalue weighted by atomic mass is 19.1. The molecule has 8 nitrogen and oxygen atoms in total. The van der Waals surface area contributed by atoms with Gasteiger partial charge in [-0.3, -0.25) is 14.5 Å². The van der Waals surface area contributed by atoms with Gasteiger partial charge < -0.3 is 24.7 Å². The second-order valence-corrected chi connectivity index (χ2v) is 6.99. The van der Waals surface area contributed by atoms with Gasteiger partial charge in [0, 0.05) is 52.1 Å². The van der Waals surface area contributed by atoms with Crippen molar-refractivity contribution in [3.05, 3.63) is 54.2 Å². The number of amides is 2. The van der Waals surface area contributed by atoms with Gasteiger partial charge in [-0.25, -0.2) is 4.39 Å². The van der Waals surface area contributed by atoms with Gasteiger partial charge in [0.1, 0.15) is 11.6 Å². The number of hydrogen-bond acceptors (Lipinski definition) is 6. The van der Waals surface area contributed by atoms with Crippen LogP contribution in [0, 0.1) is 5.82 Å². The molecule has 162 valence electrons. The number of benzene rings is 1. The van der Waals surface area contributed by atoms with E-state index in [4.69, 9.17) is 9.15 Å². The quantitative estimate of drug-likeness (QED) is 0.494. The molecule has 1 aromatic heterocycles. The van der Waals surface area contributed by atoms with Crippen LogP contribution in [0.2, 0.25) is 0 Å². The van der Waals surface area contributed by atoms with Crippen LogP contribution in [0.1, 0.15) is 11.8 Å². The van der Waals surface area contributed by atoms with Crippen molar-refractivity contribution in [2.75, 3.05) is 57.9 Å². The Bertz CT molecular complexity index is 805. The molecule has 2 N–H and O–H groups in total. The summed E-state index contributed by atoms with van der Waals surface area (Å²) in [6, 6.07) is 9.94. The molecule has 0 radical (unpaired) electrons. The zero-order valence-electron chi connectivity index (χ0n) is 17.0. The molecule has 1 saturated heterocycles. The summed E-state index contributed by atoms with van der Waals surface area (Å²) in [5.74, 6) is -0.901. The SMILES string of the molecule is COCCNC(=O)C(=O)NCC(c1ccco1)N1CCN(c2ccc(F)cc2)CC1. The Labute approximate surface area is 175 Å². The van der Waals surface area contributed by atoms with Crippen molar-refractivity contribution in [1.29, 1.82) is 0 Å². The first-order valence-corrected chi connectivity index (χ1v) is 9.91. The Hall–Kier alpha value is -2.91. The van der Waals surface area contributed by atoms with E-state index in [0.29, 0.717) is 6.61 Å². The Morgan fingerprint density at radius 3 is 2.43 bits per heavy atom. The summed E-state index contributed by atoms with van der Waals surface area (Å²) in [5, 5.41) is 5.20. The van der Waals surface area contributed by atoms with E-state index in [2.05, 4.69) is 20.4 Å². The van der Waals surface area contributed by atoms with Crippen LogP contribution in [0.25, 0.3) is 0 Å². The normalized spacial score (nSPS) is 15.6. The molecule has 30 heavy (non-hydrogen) atoms. The second-order valence-electron chi connectivity index (χ2n) is 6.99. The summed E-state index contributed by atoms with van der Waals surface area (Å²) in [6.07, 6.45) is 1.59. The number of nitrogens with zero attached hydrogens (tertiary/aromatic N) is 2. The number of carbonyl (C=O) groups is 2. The molecule has 2 amide bonds. The molecular formula is C21H27FN4O4. The molecule has 1 atom stereocenters. The fourth-order valence-electron chi connectivity index (χ4n) is 3.45. The van der Waals surface area contributed by atoms with Gasteiger partial charge in [-0.1, -0.05) is 0 Å². The minimum atomic E-state index is -0.689. The summed E-state index contributed by atoms with van der Waals surface area (Å²) < 4.78 is 23.6. The van der Waals surface area contributed by atoms with E-state index in [0.717, 1.165) is 37.6 Å². The average molecular weight is 418 g/mol. The van der Waals surface area contributed by atoms with Gasteiger partial charge in [-0.15, -0.1) is 0 Å².